The van der Waals surface area contributed by atoms with E-state index in [1.165, 1.54) is 7.11 Å². The molecular formula is C8H16O3. The van der Waals surface area contributed by atoms with Gasteiger partial charge in [0.1, 0.15) is 6.61 Å². The van der Waals surface area contributed by atoms with Crippen molar-refractivity contribution in [1.29, 1.82) is 0 Å². The zero-order valence-electron chi connectivity index (χ0n) is 7.42. The predicted octanol–water partition coefficient (Wildman–Crippen LogP) is 1.36. The zero-order chi connectivity index (χ0) is 8.69. The highest BCUT2D eigenvalue weighted by Crippen LogP contribution is 1.99. The Bertz CT molecular complexity index is 112. The van der Waals surface area contributed by atoms with Gasteiger partial charge in [0.2, 0.25) is 0 Å². The van der Waals surface area contributed by atoms with Gasteiger partial charge in [-0.2, -0.15) is 0 Å². The second-order valence-electron chi connectivity index (χ2n) is 2.49. The number of hydrogen-bond donors (Lipinski definition) is 0. The van der Waals surface area contributed by atoms with Crippen LogP contribution in [0.1, 0.15) is 26.7 Å². The second-order valence-corrected chi connectivity index (χ2v) is 2.49. The van der Waals surface area contributed by atoms with Crippen molar-refractivity contribution < 1.29 is 14.3 Å². The molecule has 0 amide bonds. The number of carbonyl (C=O) groups excluding carboxylic acids is 1. The minimum atomic E-state index is -0.312. The smallest absolute Gasteiger partial charge is 0.331 e. The van der Waals surface area contributed by atoms with Crippen LogP contribution in [0.15, 0.2) is 0 Å². The summed E-state index contributed by atoms with van der Waals surface area (Å²) in [5.74, 6) is -0.312. The van der Waals surface area contributed by atoms with E-state index < -0.39 is 0 Å². The molecule has 3 nitrogen and oxygen atoms in total. The van der Waals surface area contributed by atoms with Crippen LogP contribution in [0, 0.1) is 0 Å². The van der Waals surface area contributed by atoms with E-state index in [2.05, 4.69) is 11.7 Å². The molecule has 0 aromatic rings. The summed E-state index contributed by atoms with van der Waals surface area (Å²) in [6, 6.07) is 0. The molecule has 0 saturated carbocycles. The van der Waals surface area contributed by atoms with E-state index in [0.29, 0.717) is 0 Å². The molecule has 0 radical (unpaired) electrons. The third-order valence-electron chi connectivity index (χ3n) is 1.41. The first kappa shape index (κ1) is 10.4. The molecule has 1 unspecified atom stereocenters. The van der Waals surface area contributed by atoms with Crippen molar-refractivity contribution in [2.75, 3.05) is 13.7 Å². The lowest BCUT2D eigenvalue weighted by molar-refractivity contribution is -0.147. The third kappa shape index (κ3) is 5.85. The van der Waals surface area contributed by atoms with Crippen LogP contribution < -0.4 is 0 Å². The van der Waals surface area contributed by atoms with Crippen LogP contribution >= 0.6 is 0 Å². The van der Waals surface area contributed by atoms with Crippen molar-refractivity contribution >= 4 is 5.97 Å². The van der Waals surface area contributed by atoms with Crippen LogP contribution in [0.2, 0.25) is 0 Å². The van der Waals surface area contributed by atoms with Gasteiger partial charge in [0.05, 0.1) is 13.2 Å². The number of esters is 1. The molecule has 0 N–H and O–H groups in total. The Morgan fingerprint density at radius 3 is 2.64 bits per heavy atom. The molecule has 66 valence electrons. The quantitative estimate of drug-likeness (QED) is 0.570. The summed E-state index contributed by atoms with van der Waals surface area (Å²) in [5, 5.41) is 0. The molecule has 3 heteroatoms. The van der Waals surface area contributed by atoms with Crippen molar-refractivity contribution in [3.8, 4) is 0 Å². The Labute approximate surface area is 67.7 Å². The summed E-state index contributed by atoms with van der Waals surface area (Å²) in [6.07, 6.45) is 2.21. The number of methoxy groups -OCH3 is 1. The summed E-state index contributed by atoms with van der Waals surface area (Å²) in [7, 11) is 1.36. The molecule has 0 aliphatic heterocycles. The summed E-state index contributed by atoms with van der Waals surface area (Å²) in [4.78, 5) is 10.6. The van der Waals surface area contributed by atoms with E-state index in [9.17, 15) is 4.79 Å². The standard InChI is InChI=1S/C8H16O3/c1-4-5-7(2)11-6-8(9)10-3/h7H,4-6H2,1-3H3. The van der Waals surface area contributed by atoms with Crippen LogP contribution in [0.3, 0.4) is 0 Å². The van der Waals surface area contributed by atoms with Crippen LogP contribution in [0.5, 0.6) is 0 Å². The molecule has 0 bridgehead atoms. The minimum absolute atomic E-state index is 0.0671. The Morgan fingerprint density at radius 2 is 2.18 bits per heavy atom. The van der Waals surface area contributed by atoms with E-state index >= 15 is 0 Å². The molecule has 1 atom stereocenters. The highest BCUT2D eigenvalue weighted by atomic mass is 16.6. The third-order valence-corrected chi connectivity index (χ3v) is 1.41. The van der Waals surface area contributed by atoms with E-state index in [4.69, 9.17) is 4.74 Å². The van der Waals surface area contributed by atoms with Crippen molar-refractivity contribution in [3.63, 3.8) is 0 Å². The maximum atomic E-state index is 10.6. The summed E-state index contributed by atoms with van der Waals surface area (Å²) in [6.45, 7) is 4.10. The fourth-order valence-corrected chi connectivity index (χ4v) is 0.759. The molecule has 0 aliphatic rings. The lowest BCUT2D eigenvalue weighted by atomic mass is 10.2. The van der Waals surface area contributed by atoms with E-state index in [-0.39, 0.29) is 18.7 Å². The number of hydrogen-bond acceptors (Lipinski definition) is 3. The minimum Gasteiger partial charge on any atom is -0.467 e. The summed E-state index contributed by atoms with van der Waals surface area (Å²) < 4.78 is 9.58. The lowest BCUT2D eigenvalue weighted by Gasteiger charge is -2.09. The molecular weight excluding hydrogens is 144 g/mol. The number of carbonyl (C=O) groups is 1. The van der Waals surface area contributed by atoms with Gasteiger partial charge >= 0.3 is 5.97 Å². The molecule has 0 fully saturated rings. The first-order chi connectivity index (χ1) is 5.20. The monoisotopic (exact) mass is 160 g/mol. The highest BCUT2D eigenvalue weighted by molar-refractivity contribution is 5.70. The van der Waals surface area contributed by atoms with Gasteiger partial charge in [-0.1, -0.05) is 13.3 Å². The average Bonchev–Trinajstić information content (AvgIpc) is 2.01. The van der Waals surface area contributed by atoms with Gasteiger partial charge in [0.25, 0.3) is 0 Å². The predicted molar refractivity (Wildman–Crippen MR) is 42.3 cm³/mol. The normalized spacial score (nSPS) is 12.6. The van der Waals surface area contributed by atoms with E-state index in [1.807, 2.05) is 6.92 Å². The van der Waals surface area contributed by atoms with Crippen LogP contribution in [-0.4, -0.2) is 25.8 Å². The lowest BCUT2D eigenvalue weighted by Crippen LogP contribution is -2.16. The molecule has 0 heterocycles. The van der Waals surface area contributed by atoms with Gasteiger partial charge in [-0.05, 0) is 13.3 Å². The molecule has 11 heavy (non-hydrogen) atoms. The topological polar surface area (TPSA) is 35.5 Å². The van der Waals surface area contributed by atoms with E-state index in [0.717, 1.165) is 12.8 Å². The van der Waals surface area contributed by atoms with Crippen LogP contribution in [0.4, 0.5) is 0 Å². The number of ether oxygens (including phenoxy) is 2. The fourth-order valence-electron chi connectivity index (χ4n) is 0.759. The Balaban J connectivity index is 3.29. The van der Waals surface area contributed by atoms with Crippen molar-refractivity contribution in [2.24, 2.45) is 0 Å². The van der Waals surface area contributed by atoms with Crippen LogP contribution in [-0.2, 0) is 14.3 Å². The largest absolute Gasteiger partial charge is 0.467 e. The van der Waals surface area contributed by atoms with Crippen molar-refractivity contribution in [2.45, 2.75) is 32.8 Å². The van der Waals surface area contributed by atoms with Gasteiger partial charge in [0, 0.05) is 0 Å². The average molecular weight is 160 g/mol. The van der Waals surface area contributed by atoms with Gasteiger partial charge in [-0.25, -0.2) is 4.79 Å². The van der Waals surface area contributed by atoms with Gasteiger partial charge in [0.15, 0.2) is 0 Å². The molecule has 0 rings (SSSR count). The van der Waals surface area contributed by atoms with Crippen molar-refractivity contribution in [1.82, 2.24) is 0 Å². The Kier molecular flexibility index (Phi) is 5.84. The first-order valence-corrected chi connectivity index (χ1v) is 3.89. The second kappa shape index (κ2) is 6.16. The summed E-state index contributed by atoms with van der Waals surface area (Å²) in [5.41, 5.74) is 0. The van der Waals surface area contributed by atoms with Gasteiger partial charge < -0.3 is 9.47 Å². The SMILES string of the molecule is CCCC(C)OCC(=O)OC. The molecule has 0 saturated heterocycles. The highest BCUT2D eigenvalue weighted by Gasteiger charge is 2.04. The molecule has 0 aliphatic carbocycles. The molecule has 0 spiro atoms. The zero-order valence-corrected chi connectivity index (χ0v) is 7.42. The van der Waals surface area contributed by atoms with Crippen LogP contribution in [0.25, 0.3) is 0 Å². The molecule has 0 aromatic carbocycles. The van der Waals surface area contributed by atoms with E-state index in [1.54, 1.807) is 0 Å². The molecule has 0 aromatic heterocycles. The van der Waals surface area contributed by atoms with Gasteiger partial charge in [-0.3, -0.25) is 0 Å². The maximum absolute atomic E-state index is 10.6. The number of rotatable bonds is 5. The van der Waals surface area contributed by atoms with Crippen molar-refractivity contribution in [3.05, 3.63) is 0 Å². The Morgan fingerprint density at radius 1 is 1.55 bits per heavy atom. The Hall–Kier alpha value is -0.570. The first-order valence-electron chi connectivity index (χ1n) is 3.89. The van der Waals surface area contributed by atoms with Gasteiger partial charge in [-0.15, -0.1) is 0 Å². The summed E-state index contributed by atoms with van der Waals surface area (Å²) >= 11 is 0. The fraction of sp³-hybridized carbons (Fsp3) is 0.875. The maximum Gasteiger partial charge on any atom is 0.331 e.